The number of anilines is 1. The number of carbonyl (C=O) groups excluding carboxylic acids is 1. The number of nitrogens with zero attached hydrogens (tertiary/aromatic N) is 2. The van der Waals surface area contributed by atoms with Gasteiger partial charge in [0.05, 0.1) is 7.11 Å². The zero-order valence-corrected chi connectivity index (χ0v) is 9.73. The third-order valence-electron chi connectivity index (χ3n) is 2.78. The van der Waals surface area contributed by atoms with E-state index in [0.717, 1.165) is 32.0 Å². The molecular weight excluding hydrogens is 222 g/mol. The second-order valence-electron chi connectivity index (χ2n) is 3.99. The van der Waals surface area contributed by atoms with E-state index in [1.807, 2.05) is 4.90 Å². The van der Waals surface area contributed by atoms with Crippen LogP contribution in [0.3, 0.4) is 0 Å². The summed E-state index contributed by atoms with van der Waals surface area (Å²) in [7, 11) is 1.27. The van der Waals surface area contributed by atoms with Gasteiger partial charge in [-0.25, -0.2) is 9.78 Å². The normalized spacial score (nSPS) is 15.7. The van der Waals surface area contributed by atoms with Crippen LogP contribution in [0.5, 0.6) is 0 Å². The van der Waals surface area contributed by atoms with Crippen molar-refractivity contribution >= 4 is 11.9 Å². The van der Waals surface area contributed by atoms with Crippen LogP contribution >= 0.6 is 0 Å². The van der Waals surface area contributed by atoms with Crippen LogP contribution < -0.4 is 10.5 Å². The van der Waals surface area contributed by atoms with Crippen LogP contribution in [0.4, 0.5) is 5.95 Å². The fourth-order valence-corrected chi connectivity index (χ4v) is 1.91. The van der Waals surface area contributed by atoms with E-state index in [1.165, 1.54) is 13.5 Å². The maximum absolute atomic E-state index is 11.4. The van der Waals surface area contributed by atoms with Gasteiger partial charge in [0.2, 0.25) is 5.95 Å². The molecule has 1 saturated heterocycles. The summed E-state index contributed by atoms with van der Waals surface area (Å²) in [5.41, 5.74) is -0.280. The van der Waals surface area contributed by atoms with Gasteiger partial charge in [-0.2, -0.15) is 0 Å². The Morgan fingerprint density at radius 1 is 1.41 bits per heavy atom. The molecule has 1 aromatic rings. The van der Waals surface area contributed by atoms with E-state index in [-0.39, 0.29) is 11.3 Å². The Labute approximate surface area is 98.6 Å². The van der Waals surface area contributed by atoms with Crippen molar-refractivity contribution in [3.05, 3.63) is 22.1 Å². The average molecular weight is 237 g/mol. The number of methoxy groups -OCH3 is 1. The van der Waals surface area contributed by atoms with E-state index >= 15 is 0 Å². The van der Waals surface area contributed by atoms with Crippen molar-refractivity contribution in [1.29, 1.82) is 0 Å². The van der Waals surface area contributed by atoms with E-state index in [0.29, 0.717) is 5.95 Å². The molecule has 1 aliphatic heterocycles. The summed E-state index contributed by atoms with van der Waals surface area (Å²) >= 11 is 0. The number of aromatic amines is 1. The molecule has 2 rings (SSSR count). The lowest BCUT2D eigenvalue weighted by Crippen LogP contribution is -2.33. The molecule has 0 aromatic carbocycles. The van der Waals surface area contributed by atoms with Gasteiger partial charge in [0, 0.05) is 19.2 Å². The summed E-state index contributed by atoms with van der Waals surface area (Å²) < 4.78 is 4.56. The highest BCUT2D eigenvalue weighted by Gasteiger charge is 2.16. The van der Waals surface area contributed by atoms with E-state index < -0.39 is 5.97 Å². The molecule has 1 aliphatic rings. The van der Waals surface area contributed by atoms with E-state index in [2.05, 4.69) is 14.7 Å². The van der Waals surface area contributed by atoms with Gasteiger partial charge in [-0.1, -0.05) is 0 Å². The predicted octanol–water partition coefficient (Wildman–Crippen LogP) is 0.547. The number of piperidine rings is 1. The molecule has 17 heavy (non-hydrogen) atoms. The van der Waals surface area contributed by atoms with Crippen LogP contribution in [0.15, 0.2) is 10.9 Å². The van der Waals surface area contributed by atoms with Crippen LogP contribution in [0, 0.1) is 0 Å². The molecule has 0 aliphatic carbocycles. The molecule has 92 valence electrons. The average Bonchev–Trinajstić information content (AvgIpc) is 2.38. The Balaban J connectivity index is 2.30. The van der Waals surface area contributed by atoms with Crippen molar-refractivity contribution < 1.29 is 9.53 Å². The molecule has 0 saturated carbocycles. The van der Waals surface area contributed by atoms with Crippen LogP contribution in [0.2, 0.25) is 0 Å². The highest BCUT2D eigenvalue weighted by Crippen LogP contribution is 2.14. The minimum atomic E-state index is -0.589. The van der Waals surface area contributed by atoms with Gasteiger partial charge >= 0.3 is 5.97 Å². The third kappa shape index (κ3) is 2.64. The zero-order chi connectivity index (χ0) is 12.3. The zero-order valence-electron chi connectivity index (χ0n) is 9.73. The molecule has 2 heterocycles. The van der Waals surface area contributed by atoms with Gasteiger partial charge in [-0.3, -0.25) is 9.78 Å². The van der Waals surface area contributed by atoms with Crippen LogP contribution in [-0.4, -0.2) is 36.1 Å². The Hall–Kier alpha value is -1.85. The fraction of sp³-hybridized carbons (Fsp3) is 0.545. The standard InChI is InChI=1S/C11H15N3O3/c1-17-10(16)8-7-9(15)13-11(12-8)14-5-3-2-4-6-14/h7H,2-6H2,1H3,(H,12,13,15). The second-order valence-corrected chi connectivity index (χ2v) is 3.99. The molecule has 0 spiro atoms. The number of hydrogen-bond donors (Lipinski definition) is 1. The molecule has 1 fully saturated rings. The third-order valence-corrected chi connectivity index (χ3v) is 2.78. The van der Waals surface area contributed by atoms with Gasteiger partial charge in [-0.05, 0) is 19.3 Å². The van der Waals surface area contributed by atoms with Gasteiger partial charge < -0.3 is 9.64 Å². The summed E-state index contributed by atoms with van der Waals surface area (Å²) in [4.78, 5) is 31.5. The van der Waals surface area contributed by atoms with Crippen LogP contribution in [0.25, 0.3) is 0 Å². The Morgan fingerprint density at radius 2 is 2.12 bits per heavy atom. The lowest BCUT2D eigenvalue weighted by Gasteiger charge is -2.26. The molecule has 0 radical (unpaired) electrons. The smallest absolute Gasteiger partial charge is 0.357 e. The SMILES string of the molecule is COC(=O)c1cc(=O)[nH]c(N2CCCCC2)n1. The summed E-state index contributed by atoms with van der Waals surface area (Å²) in [5.74, 6) is -0.132. The Morgan fingerprint density at radius 3 is 2.76 bits per heavy atom. The number of nitrogens with one attached hydrogen (secondary N) is 1. The lowest BCUT2D eigenvalue weighted by atomic mass is 10.1. The summed E-state index contributed by atoms with van der Waals surface area (Å²) in [5, 5.41) is 0. The Bertz CT molecular complexity index is 463. The summed E-state index contributed by atoms with van der Waals surface area (Å²) in [6, 6.07) is 1.15. The summed E-state index contributed by atoms with van der Waals surface area (Å²) in [6.45, 7) is 1.71. The van der Waals surface area contributed by atoms with Crippen molar-refractivity contribution in [2.24, 2.45) is 0 Å². The number of hydrogen-bond acceptors (Lipinski definition) is 5. The molecule has 0 amide bonds. The largest absolute Gasteiger partial charge is 0.464 e. The topological polar surface area (TPSA) is 75.3 Å². The van der Waals surface area contributed by atoms with Gasteiger partial charge in [0.15, 0.2) is 5.69 Å². The van der Waals surface area contributed by atoms with Crippen molar-refractivity contribution in [3.8, 4) is 0 Å². The first-order chi connectivity index (χ1) is 8.20. The number of carbonyl (C=O) groups is 1. The van der Waals surface area contributed by atoms with E-state index in [1.54, 1.807) is 0 Å². The maximum Gasteiger partial charge on any atom is 0.357 e. The van der Waals surface area contributed by atoms with Crippen molar-refractivity contribution in [2.75, 3.05) is 25.1 Å². The number of aromatic nitrogens is 2. The van der Waals surface area contributed by atoms with Crippen molar-refractivity contribution in [2.45, 2.75) is 19.3 Å². The van der Waals surface area contributed by atoms with E-state index in [9.17, 15) is 9.59 Å². The number of rotatable bonds is 2. The molecule has 0 atom stereocenters. The maximum atomic E-state index is 11.4. The highest BCUT2D eigenvalue weighted by atomic mass is 16.5. The van der Waals surface area contributed by atoms with Gasteiger partial charge in [0.1, 0.15) is 0 Å². The minimum Gasteiger partial charge on any atom is -0.464 e. The first-order valence-corrected chi connectivity index (χ1v) is 5.65. The number of esters is 1. The predicted molar refractivity (Wildman–Crippen MR) is 62.3 cm³/mol. The monoisotopic (exact) mass is 237 g/mol. The van der Waals surface area contributed by atoms with Crippen molar-refractivity contribution in [1.82, 2.24) is 9.97 Å². The molecule has 6 heteroatoms. The Kier molecular flexibility index (Phi) is 3.41. The highest BCUT2D eigenvalue weighted by molar-refractivity contribution is 5.87. The summed E-state index contributed by atoms with van der Waals surface area (Å²) in [6.07, 6.45) is 3.34. The molecule has 0 unspecified atom stereocenters. The molecular formula is C11H15N3O3. The number of ether oxygens (including phenoxy) is 1. The van der Waals surface area contributed by atoms with Crippen LogP contribution in [-0.2, 0) is 4.74 Å². The van der Waals surface area contributed by atoms with Gasteiger partial charge in [-0.15, -0.1) is 0 Å². The molecule has 1 aromatic heterocycles. The first kappa shape index (κ1) is 11.6. The second kappa shape index (κ2) is 4.99. The van der Waals surface area contributed by atoms with E-state index in [4.69, 9.17) is 0 Å². The van der Waals surface area contributed by atoms with Gasteiger partial charge in [0.25, 0.3) is 5.56 Å². The minimum absolute atomic E-state index is 0.0526. The fourth-order valence-electron chi connectivity index (χ4n) is 1.91. The molecule has 1 N–H and O–H groups in total. The molecule has 0 bridgehead atoms. The number of H-pyrrole nitrogens is 1. The van der Waals surface area contributed by atoms with Crippen LogP contribution in [0.1, 0.15) is 29.8 Å². The quantitative estimate of drug-likeness (QED) is 0.760. The molecule has 6 nitrogen and oxygen atoms in total. The van der Waals surface area contributed by atoms with Crippen molar-refractivity contribution in [3.63, 3.8) is 0 Å². The first-order valence-electron chi connectivity index (χ1n) is 5.65. The lowest BCUT2D eigenvalue weighted by molar-refractivity contribution is 0.0593.